The summed E-state index contributed by atoms with van der Waals surface area (Å²) in [5.41, 5.74) is 0. The number of hydrogen-bond acceptors (Lipinski definition) is 2. The van der Waals surface area contributed by atoms with E-state index in [1.165, 1.54) is 32.1 Å². The second-order valence-corrected chi connectivity index (χ2v) is 5.16. The van der Waals surface area contributed by atoms with Crippen molar-refractivity contribution in [1.82, 2.24) is 0 Å². The average Bonchev–Trinajstić information content (AvgIpc) is 2.81. The molecule has 0 spiro atoms. The summed E-state index contributed by atoms with van der Waals surface area (Å²) in [4.78, 5) is 0. The van der Waals surface area contributed by atoms with Crippen LogP contribution in [0.4, 0.5) is 0 Å². The standard InChI is InChI=1S/C13H24O2/c1-2-10-6-3-4-7-11(10)13(14)12-8-5-9-15-12/h10-14H,2-9H2,1H3. The van der Waals surface area contributed by atoms with Crippen molar-refractivity contribution < 1.29 is 9.84 Å². The topological polar surface area (TPSA) is 29.5 Å². The first-order chi connectivity index (χ1) is 7.33. The van der Waals surface area contributed by atoms with Crippen LogP contribution in [0.15, 0.2) is 0 Å². The Labute approximate surface area is 93.0 Å². The van der Waals surface area contributed by atoms with E-state index in [1.807, 2.05) is 0 Å². The number of aliphatic hydroxyl groups is 1. The van der Waals surface area contributed by atoms with Crippen LogP contribution >= 0.6 is 0 Å². The highest BCUT2D eigenvalue weighted by atomic mass is 16.5. The Hall–Kier alpha value is -0.0800. The van der Waals surface area contributed by atoms with Gasteiger partial charge in [0.15, 0.2) is 0 Å². The summed E-state index contributed by atoms with van der Waals surface area (Å²) in [5, 5.41) is 10.4. The molecule has 0 bridgehead atoms. The summed E-state index contributed by atoms with van der Waals surface area (Å²) in [6, 6.07) is 0. The molecule has 1 aliphatic heterocycles. The van der Waals surface area contributed by atoms with Gasteiger partial charge in [-0.15, -0.1) is 0 Å². The van der Waals surface area contributed by atoms with E-state index in [4.69, 9.17) is 4.74 Å². The summed E-state index contributed by atoms with van der Waals surface area (Å²) in [5.74, 6) is 1.24. The zero-order valence-corrected chi connectivity index (χ0v) is 9.82. The van der Waals surface area contributed by atoms with Crippen LogP contribution in [0.2, 0.25) is 0 Å². The maximum absolute atomic E-state index is 10.4. The van der Waals surface area contributed by atoms with Crippen LogP contribution in [0.5, 0.6) is 0 Å². The van der Waals surface area contributed by atoms with Crippen molar-refractivity contribution in [2.45, 2.75) is 64.1 Å². The van der Waals surface area contributed by atoms with Gasteiger partial charge < -0.3 is 9.84 Å². The molecule has 0 aromatic rings. The molecule has 1 saturated carbocycles. The number of ether oxygens (including phenoxy) is 1. The van der Waals surface area contributed by atoms with Gasteiger partial charge in [0.05, 0.1) is 12.2 Å². The molecule has 2 nitrogen and oxygen atoms in total. The zero-order valence-electron chi connectivity index (χ0n) is 9.82. The molecule has 2 aliphatic rings. The molecule has 2 fully saturated rings. The molecule has 0 amide bonds. The second-order valence-electron chi connectivity index (χ2n) is 5.16. The van der Waals surface area contributed by atoms with E-state index in [-0.39, 0.29) is 12.2 Å². The Kier molecular flexibility index (Phi) is 4.04. The van der Waals surface area contributed by atoms with Crippen LogP contribution in [0, 0.1) is 11.8 Å². The number of rotatable bonds is 3. The van der Waals surface area contributed by atoms with Gasteiger partial charge in [0.1, 0.15) is 0 Å². The van der Waals surface area contributed by atoms with Crippen LogP contribution in [-0.4, -0.2) is 23.9 Å². The molecule has 4 atom stereocenters. The summed E-state index contributed by atoms with van der Waals surface area (Å²) < 4.78 is 5.61. The molecule has 1 N–H and O–H groups in total. The third kappa shape index (κ3) is 2.54. The summed E-state index contributed by atoms with van der Waals surface area (Å²) in [6.45, 7) is 3.11. The minimum Gasteiger partial charge on any atom is -0.390 e. The van der Waals surface area contributed by atoms with Crippen molar-refractivity contribution in [3.05, 3.63) is 0 Å². The lowest BCUT2D eigenvalue weighted by atomic mass is 9.73. The quantitative estimate of drug-likeness (QED) is 0.779. The van der Waals surface area contributed by atoms with Gasteiger partial charge in [-0.05, 0) is 31.1 Å². The Balaban J connectivity index is 1.93. The van der Waals surface area contributed by atoms with Crippen LogP contribution in [0.1, 0.15) is 51.9 Å². The Morgan fingerprint density at radius 1 is 1.20 bits per heavy atom. The second kappa shape index (κ2) is 5.31. The van der Waals surface area contributed by atoms with Crippen LogP contribution < -0.4 is 0 Å². The smallest absolute Gasteiger partial charge is 0.0837 e. The first-order valence-electron chi connectivity index (χ1n) is 6.62. The van der Waals surface area contributed by atoms with Crippen molar-refractivity contribution in [3.8, 4) is 0 Å². The van der Waals surface area contributed by atoms with E-state index in [0.717, 1.165) is 25.4 Å². The fourth-order valence-corrected chi connectivity index (χ4v) is 3.34. The molecule has 0 radical (unpaired) electrons. The normalized spacial score (nSPS) is 39.2. The van der Waals surface area contributed by atoms with Gasteiger partial charge in [-0.3, -0.25) is 0 Å². The molecule has 2 rings (SSSR count). The van der Waals surface area contributed by atoms with Crippen LogP contribution in [0.3, 0.4) is 0 Å². The zero-order chi connectivity index (χ0) is 10.7. The molecule has 15 heavy (non-hydrogen) atoms. The van der Waals surface area contributed by atoms with Gasteiger partial charge >= 0.3 is 0 Å². The van der Waals surface area contributed by atoms with E-state index in [1.54, 1.807) is 0 Å². The van der Waals surface area contributed by atoms with Crippen molar-refractivity contribution in [2.75, 3.05) is 6.61 Å². The molecule has 1 aliphatic carbocycles. The van der Waals surface area contributed by atoms with Gasteiger partial charge in [0.25, 0.3) is 0 Å². The Bertz CT molecular complexity index is 187. The lowest BCUT2D eigenvalue weighted by molar-refractivity contribution is -0.0562. The lowest BCUT2D eigenvalue weighted by Gasteiger charge is -2.36. The van der Waals surface area contributed by atoms with E-state index < -0.39 is 0 Å². The minimum atomic E-state index is -0.197. The van der Waals surface area contributed by atoms with Gasteiger partial charge in [-0.25, -0.2) is 0 Å². The van der Waals surface area contributed by atoms with Gasteiger partial charge in [0, 0.05) is 6.61 Å². The molecule has 4 unspecified atom stereocenters. The van der Waals surface area contributed by atoms with E-state index >= 15 is 0 Å². The molecule has 2 heteroatoms. The Morgan fingerprint density at radius 2 is 2.00 bits per heavy atom. The van der Waals surface area contributed by atoms with Crippen molar-refractivity contribution in [3.63, 3.8) is 0 Å². The van der Waals surface area contributed by atoms with E-state index in [2.05, 4.69) is 6.92 Å². The van der Waals surface area contributed by atoms with Crippen LogP contribution in [0.25, 0.3) is 0 Å². The minimum absolute atomic E-state index is 0.141. The highest BCUT2D eigenvalue weighted by molar-refractivity contribution is 4.86. The van der Waals surface area contributed by atoms with Crippen LogP contribution in [-0.2, 0) is 4.74 Å². The third-order valence-electron chi connectivity index (χ3n) is 4.28. The van der Waals surface area contributed by atoms with Gasteiger partial charge in [-0.1, -0.05) is 32.6 Å². The number of aliphatic hydroxyl groups excluding tert-OH is 1. The fourth-order valence-electron chi connectivity index (χ4n) is 3.34. The molecule has 0 aromatic heterocycles. The summed E-state index contributed by atoms with van der Waals surface area (Å²) >= 11 is 0. The summed E-state index contributed by atoms with van der Waals surface area (Å²) in [6.07, 6.45) is 8.52. The third-order valence-corrected chi connectivity index (χ3v) is 4.28. The average molecular weight is 212 g/mol. The van der Waals surface area contributed by atoms with Crippen molar-refractivity contribution >= 4 is 0 Å². The largest absolute Gasteiger partial charge is 0.390 e. The monoisotopic (exact) mass is 212 g/mol. The summed E-state index contributed by atoms with van der Waals surface area (Å²) in [7, 11) is 0. The van der Waals surface area contributed by atoms with Crippen molar-refractivity contribution in [2.24, 2.45) is 11.8 Å². The molecule has 88 valence electrons. The maximum Gasteiger partial charge on any atom is 0.0837 e. The maximum atomic E-state index is 10.4. The Morgan fingerprint density at radius 3 is 2.67 bits per heavy atom. The predicted octanol–water partition coefficient (Wildman–Crippen LogP) is 2.74. The van der Waals surface area contributed by atoms with E-state index in [9.17, 15) is 5.11 Å². The lowest BCUT2D eigenvalue weighted by Crippen LogP contribution is -2.38. The van der Waals surface area contributed by atoms with Gasteiger partial charge in [-0.2, -0.15) is 0 Å². The highest BCUT2D eigenvalue weighted by Crippen LogP contribution is 2.37. The van der Waals surface area contributed by atoms with E-state index in [0.29, 0.717) is 5.92 Å². The molecule has 1 heterocycles. The molecular weight excluding hydrogens is 188 g/mol. The SMILES string of the molecule is CCC1CCCCC1C(O)C1CCCO1. The fraction of sp³-hybridized carbons (Fsp3) is 1.00. The van der Waals surface area contributed by atoms with Gasteiger partial charge in [0.2, 0.25) is 0 Å². The number of hydrogen-bond donors (Lipinski definition) is 1. The van der Waals surface area contributed by atoms with Crippen molar-refractivity contribution in [1.29, 1.82) is 0 Å². The first kappa shape index (κ1) is 11.4. The molecule has 1 saturated heterocycles. The molecular formula is C13H24O2. The first-order valence-corrected chi connectivity index (χ1v) is 6.62. The molecule has 0 aromatic carbocycles. The highest BCUT2D eigenvalue weighted by Gasteiger charge is 2.35. The predicted molar refractivity (Wildman–Crippen MR) is 60.7 cm³/mol.